The summed E-state index contributed by atoms with van der Waals surface area (Å²) in [6.07, 6.45) is 5.00. The number of nitrogens with zero attached hydrogens (tertiary/aromatic N) is 4. The number of anilines is 2. The van der Waals surface area contributed by atoms with Crippen molar-refractivity contribution in [2.24, 2.45) is 0 Å². The molecule has 20 heavy (non-hydrogen) atoms. The smallest absolute Gasteiger partial charge is 0.136 e. The normalized spacial score (nSPS) is 23.2. The van der Waals surface area contributed by atoms with E-state index in [4.69, 9.17) is 4.98 Å². The predicted octanol–water partition coefficient (Wildman–Crippen LogP) is 1.93. The molecule has 5 nitrogen and oxygen atoms in total. The molecule has 1 aliphatic heterocycles. The van der Waals surface area contributed by atoms with Crippen LogP contribution in [0.2, 0.25) is 0 Å². The molecule has 1 aliphatic carbocycles. The lowest BCUT2D eigenvalue weighted by Gasteiger charge is -2.37. The van der Waals surface area contributed by atoms with Gasteiger partial charge in [-0.2, -0.15) is 0 Å². The maximum Gasteiger partial charge on any atom is 0.136 e. The minimum atomic E-state index is 0.594. The number of piperidine rings is 1. The van der Waals surface area contributed by atoms with Crippen molar-refractivity contribution in [1.82, 2.24) is 14.9 Å². The molecule has 0 amide bonds. The summed E-state index contributed by atoms with van der Waals surface area (Å²) in [5, 5.41) is 3.18. The van der Waals surface area contributed by atoms with E-state index in [0.29, 0.717) is 12.0 Å². The Kier molecular flexibility index (Phi) is 3.78. The number of hydrogen-bond donors (Lipinski definition) is 1. The van der Waals surface area contributed by atoms with E-state index in [1.54, 1.807) is 0 Å². The Hall–Kier alpha value is -1.36. The molecule has 110 valence electrons. The molecule has 1 aromatic rings. The molecule has 5 heteroatoms. The van der Waals surface area contributed by atoms with Crippen molar-refractivity contribution >= 4 is 11.6 Å². The Morgan fingerprint density at radius 2 is 2.05 bits per heavy atom. The average molecular weight is 275 g/mol. The first kappa shape index (κ1) is 13.6. The highest BCUT2D eigenvalue weighted by molar-refractivity contribution is 5.50. The highest BCUT2D eigenvalue weighted by Crippen LogP contribution is 2.39. The van der Waals surface area contributed by atoms with Crippen LogP contribution in [0.25, 0.3) is 0 Å². The van der Waals surface area contributed by atoms with Crippen LogP contribution in [0.3, 0.4) is 0 Å². The Morgan fingerprint density at radius 3 is 2.70 bits per heavy atom. The summed E-state index contributed by atoms with van der Waals surface area (Å²) < 4.78 is 0. The summed E-state index contributed by atoms with van der Waals surface area (Å²) in [7, 11) is 6.27. The molecule has 1 aromatic heterocycles. The Balaban J connectivity index is 1.82. The fraction of sp³-hybridized carbons (Fsp3) is 0.733. The monoisotopic (exact) mass is 275 g/mol. The first-order valence-corrected chi connectivity index (χ1v) is 7.65. The molecule has 2 fully saturated rings. The van der Waals surface area contributed by atoms with E-state index in [-0.39, 0.29) is 0 Å². The molecular weight excluding hydrogens is 250 g/mol. The van der Waals surface area contributed by atoms with Gasteiger partial charge in [-0.05, 0) is 39.8 Å². The lowest BCUT2D eigenvalue weighted by Crippen LogP contribution is -2.45. The van der Waals surface area contributed by atoms with Gasteiger partial charge in [-0.15, -0.1) is 0 Å². The van der Waals surface area contributed by atoms with E-state index < -0.39 is 0 Å². The highest BCUT2D eigenvalue weighted by atomic mass is 15.3. The van der Waals surface area contributed by atoms with Crippen LogP contribution in [0, 0.1) is 0 Å². The van der Waals surface area contributed by atoms with Crippen LogP contribution >= 0.6 is 0 Å². The van der Waals surface area contributed by atoms with Crippen LogP contribution in [-0.4, -0.2) is 55.1 Å². The zero-order chi connectivity index (χ0) is 14.1. The first-order chi connectivity index (χ1) is 9.67. The third-order valence-corrected chi connectivity index (χ3v) is 4.38. The van der Waals surface area contributed by atoms with Crippen LogP contribution in [0.15, 0.2) is 6.07 Å². The Bertz CT molecular complexity index is 469. The summed E-state index contributed by atoms with van der Waals surface area (Å²) in [4.78, 5) is 14.2. The molecule has 1 unspecified atom stereocenters. The SMILES string of the molecule is CNc1cc(N2CCCC(N(C)C)C2)nc(C2CC2)n1. The summed E-state index contributed by atoms with van der Waals surface area (Å²) in [5.74, 6) is 3.66. The third kappa shape index (κ3) is 2.87. The largest absolute Gasteiger partial charge is 0.373 e. The molecule has 2 heterocycles. The molecule has 1 saturated carbocycles. The van der Waals surface area contributed by atoms with Gasteiger partial charge in [0.2, 0.25) is 0 Å². The molecule has 2 aliphatic rings. The first-order valence-electron chi connectivity index (χ1n) is 7.65. The van der Waals surface area contributed by atoms with Gasteiger partial charge in [-0.3, -0.25) is 0 Å². The van der Waals surface area contributed by atoms with Crippen molar-refractivity contribution in [2.75, 3.05) is 44.4 Å². The summed E-state index contributed by atoms with van der Waals surface area (Å²) >= 11 is 0. The number of likely N-dealkylation sites (N-methyl/N-ethyl adjacent to an activating group) is 1. The van der Waals surface area contributed by atoms with Crippen molar-refractivity contribution in [2.45, 2.75) is 37.6 Å². The lowest BCUT2D eigenvalue weighted by atomic mass is 10.1. The van der Waals surface area contributed by atoms with E-state index in [1.807, 2.05) is 7.05 Å². The van der Waals surface area contributed by atoms with E-state index in [0.717, 1.165) is 30.5 Å². The van der Waals surface area contributed by atoms with E-state index in [1.165, 1.54) is 25.7 Å². The molecule has 0 spiro atoms. The molecule has 3 rings (SSSR count). The van der Waals surface area contributed by atoms with Gasteiger partial charge >= 0.3 is 0 Å². The molecule has 1 atom stereocenters. The van der Waals surface area contributed by atoms with Gasteiger partial charge in [0.05, 0.1) is 0 Å². The van der Waals surface area contributed by atoms with Crippen molar-refractivity contribution < 1.29 is 0 Å². The van der Waals surface area contributed by atoms with E-state index in [9.17, 15) is 0 Å². The maximum atomic E-state index is 4.82. The Morgan fingerprint density at radius 1 is 1.25 bits per heavy atom. The van der Waals surface area contributed by atoms with Crippen LogP contribution in [0.1, 0.15) is 37.4 Å². The molecule has 0 aromatic carbocycles. The van der Waals surface area contributed by atoms with E-state index >= 15 is 0 Å². The molecule has 1 N–H and O–H groups in total. The van der Waals surface area contributed by atoms with Gasteiger partial charge in [-0.1, -0.05) is 0 Å². The van der Waals surface area contributed by atoms with Gasteiger partial charge in [0.1, 0.15) is 17.5 Å². The molecule has 1 saturated heterocycles. The third-order valence-electron chi connectivity index (χ3n) is 4.38. The van der Waals surface area contributed by atoms with Crippen molar-refractivity contribution in [3.8, 4) is 0 Å². The minimum Gasteiger partial charge on any atom is -0.373 e. The second kappa shape index (κ2) is 5.56. The zero-order valence-electron chi connectivity index (χ0n) is 12.8. The van der Waals surface area contributed by atoms with Crippen molar-refractivity contribution in [3.63, 3.8) is 0 Å². The topological polar surface area (TPSA) is 44.3 Å². The fourth-order valence-corrected chi connectivity index (χ4v) is 2.85. The molecule has 0 radical (unpaired) electrons. The lowest BCUT2D eigenvalue weighted by molar-refractivity contribution is 0.257. The van der Waals surface area contributed by atoms with Gasteiger partial charge in [0.25, 0.3) is 0 Å². The van der Waals surface area contributed by atoms with Crippen LogP contribution < -0.4 is 10.2 Å². The summed E-state index contributed by atoms with van der Waals surface area (Å²) in [6.45, 7) is 2.17. The fourth-order valence-electron chi connectivity index (χ4n) is 2.85. The zero-order valence-corrected chi connectivity index (χ0v) is 12.8. The molecular formula is C15H25N5. The second-order valence-electron chi connectivity index (χ2n) is 6.20. The minimum absolute atomic E-state index is 0.594. The summed E-state index contributed by atoms with van der Waals surface area (Å²) in [6, 6.07) is 2.71. The van der Waals surface area contributed by atoms with Gasteiger partial charge in [0.15, 0.2) is 0 Å². The van der Waals surface area contributed by atoms with Crippen LogP contribution in [0.5, 0.6) is 0 Å². The quantitative estimate of drug-likeness (QED) is 0.909. The molecule has 0 bridgehead atoms. The number of aromatic nitrogens is 2. The van der Waals surface area contributed by atoms with Gasteiger partial charge in [-0.25, -0.2) is 9.97 Å². The summed E-state index contributed by atoms with van der Waals surface area (Å²) in [5.41, 5.74) is 0. The van der Waals surface area contributed by atoms with Gasteiger partial charge < -0.3 is 15.1 Å². The van der Waals surface area contributed by atoms with Crippen molar-refractivity contribution in [1.29, 1.82) is 0 Å². The Labute approximate surface area is 121 Å². The van der Waals surface area contributed by atoms with Crippen LogP contribution in [-0.2, 0) is 0 Å². The highest BCUT2D eigenvalue weighted by Gasteiger charge is 2.29. The number of nitrogens with one attached hydrogen (secondary N) is 1. The van der Waals surface area contributed by atoms with E-state index in [2.05, 4.69) is 40.3 Å². The van der Waals surface area contributed by atoms with Gasteiger partial charge in [0, 0.05) is 38.2 Å². The number of rotatable bonds is 4. The number of hydrogen-bond acceptors (Lipinski definition) is 5. The second-order valence-corrected chi connectivity index (χ2v) is 6.20. The van der Waals surface area contributed by atoms with Crippen LogP contribution in [0.4, 0.5) is 11.6 Å². The standard InChI is InChI=1S/C15H25N5/c1-16-13-9-14(18-15(17-13)11-6-7-11)20-8-4-5-12(10-20)19(2)3/h9,11-12H,4-8,10H2,1-3H3,(H,16,17,18). The van der Waals surface area contributed by atoms with Crippen molar-refractivity contribution in [3.05, 3.63) is 11.9 Å². The maximum absolute atomic E-state index is 4.82. The predicted molar refractivity (Wildman–Crippen MR) is 82.5 cm³/mol. The average Bonchev–Trinajstić information content (AvgIpc) is 3.31.